The van der Waals surface area contributed by atoms with Crippen molar-refractivity contribution in [2.45, 2.75) is 71.6 Å². The largest absolute Gasteiger partial charge is 0.494 e. The van der Waals surface area contributed by atoms with Crippen LogP contribution in [0.15, 0.2) is 4.79 Å². The Morgan fingerprint density at radius 2 is 1.93 bits per heavy atom. The number of aromatic nitrogens is 3. The molecule has 30 heavy (non-hydrogen) atoms. The molecule has 3 amide bonds. The molecule has 3 heterocycles. The lowest BCUT2D eigenvalue weighted by Gasteiger charge is -2.28. The molecule has 0 spiro atoms. The number of nitrogens with zero attached hydrogens (tertiary/aromatic N) is 4. The van der Waals surface area contributed by atoms with Gasteiger partial charge < -0.3 is 15.3 Å². The minimum Gasteiger partial charge on any atom is -0.494 e. The van der Waals surface area contributed by atoms with Crippen LogP contribution < -0.4 is 16.2 Å². The van der Waals surface area contributed by atoms with Gasteiger partial charge in [-0.3, -0.25) is 19.5 Å². The zero-order valence-corrected chi connectivity index (χ0v) is 17.4. The van der Waals surface area contributed by atoms with Crippen LogP contribution in [0.3, 0.4) is 0 Å². The Bertz CT molecular complexity index is 1130. The highest BCUT2D eigenvalue weighted by Crippen LogP contribution is 2.36. The van der Waals surface area contributed by atoms with Gasteiger partial charge in [-0.1, -0.05) is 20.8 Å². The molecule has 10 nitrogen and oxygen atoms in total. The summed E-state index contributed by atoms with van der Waals surface area (Å²) in [5.41, 5.74) is -0.164. The van der Waals surface area contributed by atoms with Gasteiger partial charge in [0.15, 0.2) is 11.4 Å². The van der Waals surface area contributed by atoms with Crippen LogP contribution in [0, 0.1) is 5.41 Å². The standard InChI is InChI=1S/C20H26N6O4/c1-20(2,3)9-25-16-12-8-24(11-6-7-11)19(30)22-14(12)23-26(16)18(29)13(17(25)28)15(27)21-10-4-5-10/h10-11,28H,4-9H2,1-3H3,(H,21,27)(H,22,23,30). The van der Waals surface area contributed by atoms with Crippen molar-refractivity contribution in [3.8, 4) is 5.88 Å². The summed E-state index contributed by atoms with van der Waals surface area (Å²) in [7, 11) is 0. The molecule has 3 aliphatic rings. The van der Waals surface area contributed by atoms with E-state index in [4.69, 9.17) is 0 Å². The average molecular weight is 414 g/mol. The molecule has 2 fully saturated rings. The summed E-state index contributed by atoms with van der Waals surface area (Å²) in [6, 6.07) is -0.00694. The van der Waals surface area contributed by atoms with Crippen molar-refractivity contribution in [2.75, 3.05) is 5.32 Å². The third-order valence-electron chi connectivity index (χ3n) is 5.67. The van der Waals surface area contributed by atoms with Crippen molar-refractivity contribution in [1.29, 1.82) is 0 Å². The highest BCUT2D eigenvalue weighted by molar-refractivity contribution is 5.97. The number of rotatable bonds is 4. The lowest BCUT2D eigenvalue weighted by molar-refractivity contribution is 0.0944. The summed E-state index contributed by atoms with van der Waals surface area (Å²) < 4.78 is 2.73. The molecule has 0 radical (unpaired) electrons. The zero-order chi connectivity index (χ0) is 21.4. The summed E-state index contributed by atoms with van der Waals surface area (Å²) in [5.74, 6) is -0.657. The van der Waals surface area contributed by atoms with Gasteiger partial charge in [0, 0.05) is 18.6 Å². The van der Waals surface area contributed by atoms with E-state index in [-0.39, 0.29) is 35.0 Å². The number of urea groups is 1. The van der Waals surface area contributed by atoms with Crippen LogP contribution in [0.4, 0.5) is 10.6 Å². The summed E-state index contributed by atoms with van der Waals surface area (Å²) in [6.45, 7) is 6.69. The van der Waals surface area contributed by atoms with E-state index in [0.717, 1.165) is 30.2 Å². The van der Waals surface area contributed by atoms with Crippen molar-refractivity contribution in [3.05, 3.63) is 21.5 Å². The fourth-order valence-corrected chi connectivity index (χ4v) is 3.95. The van der Waals surface area contributed by atoms with Gasteiger partial charge in [-0.05, 0) is 31.1 Å². The first-order valence-electron chi connectivity index (χ1n) is 10.4. The second-order valence-corrected chi connectivity index (χ2v) is 9.75. The molecule has 0 bridgehead atoms. The molecule has 160 valence electrons. The molecule has 3 N–H and O–H groups in total. The Labute approximate surface area is 172 Å². The number of anilines is 1. The van der Waals surface area contributed by atoms with Crippen molar-refractivity contribution in [3.63, 3.8) is 0 Å². The van der Waals surface area contributed by atoms with Crippen LogP contribution in [-0.2, 0) is 13.1 Å². The molecular formula is C20H26N6O4. The van der Waals surface area contributed by atoms with Crippen molar-refractivity contribution in [1.82, 2.24) is 24.4 Å². The van der Waals surface area contributed by atoms with Crippen LogP contribution in [-0.4, -0.2) is 48.2 Å². The van der Waals surface area contributed by atoms with E-state index < -0.39 is 11.5 Å². The second-order valence-electron chi connectivity index (χ2n) is 9.75. The molecule has 2 aromatic rings. The minimum absolute atomic E-state index is 0.0419. The Balaban J connectivity index is 1.72. The van der Waals surface area contributed by atoms with E-state index >= 15 is 0 Å². The van der Waals surface area contributed by atoms with E-state index in [1.165, 1.54) is 0 Å². The lowest BCUT2D eigenvalue weighted by atomic mass is 9.96. The summed E-state index contributed by atoms with van der Waals surface area (Å²) in [6.07, 6.45) is 3.63. The first kappa shape index (κ1) is 19.0. The molecule has 0 unspecified atom stereocenters. The normalized spacial score (nSPS) is 19.0. The highest BCUT2D eigenvalue weighted by Gasteiger charge is 2.39. The zero-order valence-electron chi connectivity index (χ0n) is 17.4. The molecular weight excluding hydrogens is 388 g/mol. The topological polar surface area (TPSA) is 121 Å². The first-order valence-corrected chi connectivity index (χ1v) is 10.4. The SMILES string of the molecule is CC(C)(C)Cn1c(O)c(C(=O)NC2CC2)c(=O)n2nc3c(c12)CN(C1CC1)C(=O)N3. The molecule has 0 saturated heterocycles. The Kier molecular flexibility index (Phi) is 3.93. The van der Waals surface area contributed by atoms with Crippen molar-refractivity contribution in [2.24, 2.45) is 5.41 Å². The molecule has 2 aliphatic carbocycles. The van der Waals surface area contributed by atoms with Gasteiger partial charge >= 0.3 is 6.03 Å². The molecule has 2 aromatic heterocycles. The quantitative estimate of drug-likeness (QED) is 0.702. The number of carbonyl (C=O) groups is 2. The summed E-state index contributed by atoms with van der Waals surface area (Å²) in [5, 5.41) is 20.9. The van der Waals surface area contributed by atoms with Gasteiger partial charge in [-0.2, -0.15) is 4.52 Å². The molecule has 2 saturated carbocycles. The van der Waals surface area contributed by atoms with Gasteiger partial charge in [0.05, 0.1) is 12.1 Å². The maximum atomic E-state index is 13.2. The van der Waals surface area contributed by atoms with E-state index in [1.807, 2.05) is 20.8 Å². The summed E-state index contributed by atoms with van der Waals surface area (Å²) in [4.78, 5) is 40.1. The van der Waals surface area contributed by atoms with Crippen molar-refractivity contribution < 1.29 is 14.7 Å². The van der Waals surface area contributed by atoms with Crippen LogP contribution in [0.2, 0.25) is 0 Å². The first-order chi connectivity index (χ1) is 14.1. The average Bonchev–Trinajstić information content (AvgIpc) is 3.56. The fraction of sp³-hybridized carbons (Fsp3) is 0.600. The van der Waals surface area contributed by atoms with Gasteiger partial charge in [0.25, 0.3) is 11.5 Å². The smallest absolute Gasteiger partial charge is 0.323 e. The van der Waals surface area contributed by atoms with Crippen molar-refractivity contribution >= 4 is 23.4 Å². The Morgan fingerprint density at radius 3 is 2.53 bits per heavy atom. The molecule has 0 aromatic carbocycles. The number of carbonyl (C=O) groups excluding carboxylic acids is 2. The molecule has 10 heteroatoms. The van der Waals surface area contributed by atoms with Crippen LogP contribution in [0.1, 0.15) is 62.4 Å². The predicted molar refractivity (Wildman–Crippen MR) is 109 cm³/mol. The van der Waals surface area contributed by atoms with E-state index in [0.29, 0.717) is 30.1 Å². The van der Waals surface area contributed by atoms with Crippen LogP contribution >= 0.6 is 0 Å². The maximum absolute atomic E-state index is 13.2. The molecule has 1 aliphatic heterocycles. The molecule has 5 rings (SSSR count). The number of amides is 3. The minimum atomic E-state index is -0.688. The number of hydrogen-bond acceptors (Lipinski definition) is 5. The predicted octanol–water partition coefficient (Wildman–Crippen LogP) is 1.65. The van der Waals surface area contributed by atoms with E-state index in [2.05, 4.69) is 15.7 Å². The molecule has 0 atom stereocenters. The highest BCUT2D eigenvalue weighted by atomic mass is 16.3. The number of nitrogens with one attached hydrogen (secondary N) is 2. The van der Waals surface area contributed by atoms with Crippen LogP contribution in [0.25, 0.3) is 5.65 Å². The summed E-state index contributed by atoms with van der Waals surface area (Å²) >= 11 is 0. The van der Waals surface area contributed by atoms with Gasteiger partial charge in [-0.15, -0.1) is 5.10 Å². The fourth-order valence-electron chi connectivity index (χ4n) is 3.95. The number of hydrogen-bond donors (Lipinski definition) is 3. The number of fused-ring (bicyclic) bond motifs is 3. The Morgan fingerprint density at radius 1 is 1.23 bits per heavy atom. The van der Waals surface area contributed by atoms with Gasteiger partial charge in [0.2, 0.25) is 5.88 Å². The number of aromatic hydroxyl groups is 1. The van der Waals surface area contributed by atoms with Gasteiger partial charge in [-0.25, -0.2) is 4.79 Å². The lowest BCUT2D eigenvalue weighted by Crippen LogP contribution is -2.40. The van der Waals surface area contributed by atoms with E-state index in [1.54, 1.807) is 9.47 Å². The second kappa shape index (κ2) is 6.23. The third-order valence-corrected chi connectivity index (χ3v) is 5.67. The monoisotopic (exact) mass is 414 g/mol. The third kappa shape index (κ3) is 3.10. The van der Waals surface area contributed by atoms with Gasteiger partial charge in [0.1, 0.15) is 5.65 Å². The maximum Gasteiger partial charge on any atom is 0.323 e. The van der Waals surface area contributed by atoms with E-state index in [9.17, 15) is 19.5 Å². The Hall–Kier alpha value is -3.04. The van der Waals surface area contributed by atoms with Crippen LogP contribution in [0.5, 0.6) is 5.88 Å².